The second kappa shape index (κ2) is 7.56. The number of amides is 1. The summed E-state index contributed by atoms with van der Waals surface area (Å²) in [6.45, 7) is 8.68. The average molecular weight is 383 g/mol. The van der Waals surface area contributed by atoms with Crippen LogP contribution in [0, 0.1) is 0 Å². The van der Waals surface area contributed by atoms with Crippen molar-refractivity contribution in [3.63, 3.8) is 0 Å². The molecule has 2 atom stereocenters. The molecule has 1 saturated heterocycles. The molecular formula is C18H27BrN2O2. The molecule has 1 heterocycles. The number of halogens is 1. The predicted molar refractivity (Wildman–Crippen MR) is 97.8 cm³/mol. The van der Waals surface area contributed by atoms with Gasteiger partial charge in [0.2, 0.25) is 0 Å². The summed E-state index contributed by atoms with van der Waals surface area (Å²) in [7, 11) is 0. The Bertz CT molecular complexity index is 542. The van der Waals surface area contributed by atoms with E-state index in [1.807, 2.05) is 43.9 Å². The van der Waals surface area contributed by atoms with Gasteiger partial charge < -0.3 is 15.0 Å². The Morgan fingerprint density at radius 2 is 2.13 bits per heavy atom. The first-order valence-electron chi connectivity index (χ1n) is 8.27. The van der Waals surface area contributed by atoms with Crippen LogP contribution in [-0.4, -0.2) is 35.2 Å². The fraction of sp³-hybridized carbons (Fsp3) is 0.611. The summed E-state index contributed by atoms with van der Waals surface area (Å²) >= 11 is 3.56. The van der Waals surface area contributed by atoms with Crippen molar-refractivity contribution in [3.05, 3.63) is 28.7 Å². The number of nitrogens with zero attached hydrogens (tertiary/aromatic N) is 1. The molecule has 0 bridgehead atoms. The van der Waals surface area contributed by atoms with Crippen LogP contribution < -0.4 is 5.32 Å². The fourth-order valence-corrected chi connectivity index (χ4v) is 3.35. The molecule has 5 heteroatoms. The molecule has 0 radical (unpaired) electrons. The van der Waals surface area contributed by atoms with E-state index in [9.17, 15) is 4.79 Å². The van der Waals surface area contributed by atoms with Crippen molar-refractivity contribution in [1.82, 2.24) is 4.90 Å². The lowest BCUT2D eigenvalue weighted by Gasteiger charge is -2.30. The number of ether oxygens (including phenoxy) is 1. The van der Waals surface area contributed by atoms with Crippen molar-refractivity contribution in [2.75, 3.05) is 11.9 Å². The number of likely N-dealkylation sites (tertiary alicyclic amines) is 1. The topological polar surface area (TPSA) is 41.6 Å². The van der Waals surface area contributed by atoms with Crippen LogP contribution in [0.5, 0.6) is 0 Å². The van der Waals surface area contributed by atoms with Crippen molar-refractivity contribution >= 4 is 27.7 Å². The van der Waals surface area contributed by atoms with Gasteiger partial charge in [-0.05, 0) is 75.0 Å². The Kier molecular flexibility index (Phi) is 5.95. The van der Waals surface area contributed by atoms with Gasteiger partial charge in [0.1, 0.15) is 5.60 Å². The molecule has 2 unspecified atom stereocenters. The van der Waals surface area contributed by atoms with Gasteiger partial charge in [0.05, 0.1) is 0 Å². The van der Waals surface area contributed by atoms with E-state index in [4.69, 9.17) is 4.74 Å². The first-order chi connectivity index (χ1) is 10.8. The third-order valence-electron chi connectivity index (χ3n) is 3.91. The van der Waals surface area contributed by atoms with E-state index < -0.39 is 5.60 Å². The molecule has 1 N–H and O–H groups in total. The van der Waals surface area contributed by atoms with E-state index in [1.165, 1.54) is 0 Å². The van der Waals surface area contributed by atoms with Crippen LogP contribution in [-0.2, 0) is 4.74 Å². The van der Waals surface area contributed by atoms with Crippen LogP contribution in [0.4, 0.5) is 10.5 Å². The van der Waals surface area contributed by atoms with Crippen LogP contribution in [0.25, 0.3) is 0 Å². The van der Waals surface area contributed by atoms with E-state index >= 15 is 0 Å². The number of hydrogen-bond donors (Lipinski definition) is 1. The minimum atomic E-state index is -0.441. The van der Waals surface area contributed by atoms with Crippen LogP contribution in [0.2, 0.25) is 0 Å². The summed E-state index contributed by atoms with van der Waals surface area (Å²) in [5, 5.41) is 3.52. The monoisotopic (exact) mass is 382 g/mol. The lowest BCUT2D eigenvalue weighted by molar-refractivity contribution is 0.0218. The lowest BCUT2D eigenvalue weighted by atomic mass is 10.1. The highest BCUT2D eigenvalue weighted by molar-refractivity contribution is 9.10. The van der Waals surface area contributed by atoms with Gasteiger partial charge in [-0.2, -0.15) is 0 Å². The lowest BCUT2D eigenvalue weighted by Crippen LogP contribution is -2.41. The molecule has 1 fully saturated rings. The molecule has 1 aromatic rings. The molecule has 2 rings (SSSR count). The fourth-order valence-electron chi connectivity index (χ4n) is 2.95. The minimum Gasteiger partial charge on any atom is -0.444 e. The maximum atomic E-state index is 12.3. The van der Waals surface area contributed by atoms with Crippen molar-refractivity contribution in [2.45, 2.75) is 64.6 Å². The van der Waals surface area contributed by atoms with Gasteiger partial charge in [0.15, 0.2) is 0 Å². The summed E-state index contributed by atoms with van der Waals surface area (Å²) < 4.78 is 6.59. The molecule has 0 saturated carbocycles. The quantitative estimate of drug-likeness (QED) is 0.792. The number of anilines is 1. The van der Waals surface area contributed by atoms with E-state index in [0.29, 0.717) is 0 Å². The van der Waals surface area contributed by atoms with Gasteiger partial charge in [0, 0.05) is 28.8 Å². The van der Waals surface area contributed by atoms with Crippen LogP contribution in [0.3, 0.4) is 0 Å². The largest absolute Gasteiger partial charge is 0.444 e. The smallest absolute Gasteiger partial charge is 0.410 e. The highest BCUT2D eigenvalue weighted by atomic mass is 79.9. The first kappa shape index (κ1) is 18.1. The standard InChI is InChI=1S/C18H27BrN2O2/c1-13(20-16-10-6-5-9-15(16)19)12-14-8-7-11-21(14)17(22)23-18(2,3)4/h5-6,9-10,13-14,20H,7-8,11-12H2,1-4H3. The van der Waals surface area contributed by atoms with E-state index in [2.05, 4.69) is 34.2 Å². The summed E-state index contributed by atoms with van der Waals surface area (Å²) in [4.78, 5) is 14.2. The maximum Gasteiger partial charge on any atom is 0.410 e. The Morgan fingerprint density at radius 3 is 2.78 bits per heavy atom. The first-order valence-corrected chi connectivity index (χ1v) is 9.06. The van der Waals surface area contributed by atoms with Gasteiger partial charge in [-0.25, -0.2) is 4.79 Å². The minimum absolute atomic E-state index is 0.187. The summed E-state index contributed by atoms with van der Waals surface area (Å²) in [6.07, 6.45) is 2.82. The van der Waals surface area contributed by atoms with Gasteiger partial charge in [-0.3, -0.25) is 0 Å². The molecule has 128 valence electrons. The Morgan fingerprint density at radius 1 is 1.43 bits per heavy atom. The van der Waals surface area contributed by atoms with Crippen molar-refractivity contribution in [2.24, 2.45) is 0 Å². The van der Waals surface area contributed by atoms with Gasteiger partial charge in [-0.15, -0.1) is 0 Å². The summed E-state index contributed by atoms with van der Waals surface area (Å²) in [5.41, 5.74) is 0.644. The highest BCUT2D eigenvalue weighted by Gasteiger charge is 2.32. The van der Waals surface area contributed by atoms with Crippen LogP contribution in [0.15, 0.2) is 28.7 Å². The molecule has 1 aliphatic rings. The zero-order chi connectivity index (χ0) is 17.0. The predicted octanol–water partition coefficient (Wildman–Crippen LogP) is 5.04. The van der Waals surface area contributed by atoms with Gasteiger partial charge >= 0.3 is 6.09 Å². The number of benzene rings is 1. The summed E-state index contributed by atoms with van der Waals surface area (Å²) in [6, 6.07) is 8.62. The second-order valence-electron chi connectivity index (χ2n) is 7.23. The number of para-hydroxylation sites is 1. The molecule has 0 spiro atoms. The number of rotatable bonds is 4. The molecular weight excluding hydrogens is 356 g/mol. The van der Waals surface area contributed by atoms with Crippen LogP contribution in [0.1, 0.15) is 47.0 Å². The van der Waals surface area contributed by atoms with E-state index in [0.717, 1.165) is 36.0 Å². The third-order valence-corrected chi connectivity index (χ3v) is 4.60. The number of hydrogen-bond acceptors (Lipinski definition) is 3. The third kappa shape index (κ3) is 5.41. The molecule has 23 heavy (non-hydrogen) atoms. The molecule has 1 amide bonds. The number of carbonyl (C=O) groups excluding carboxylic acids is 1. The second-order valence-corrected chi connectivity index (χ2v) is 8.09. The summed E-state index contributed by atoms with van der Waals surface area (Å²) in [5.74, 6) is 0. The van der Waals surface area contributed by atoms with Crippen molar-refractivity contribution < 1.29 is 9.53 Å². The Balaban J connectivity index is 1.93. The molecule has 0 aliphatic carbocycles. The zero-order valence-corrected chi connectivity index (χ0v) is 16.0. The normalized spacial score (nSPS) is 19.5. The van der Waals surface area contributed by atoms with Crippen molar-refractivity contribution in [3.8, 4) is 0 Å². The van der Waals surface area contributed by atoms with Crippen LogP contribution >= 0.6 is 15.9 Å². The Hall–Kier alpha value is -1.23. The molecule has 1 aliphatic heterocycles. The van der Waals surface area contributed by atoms with E-state index in [1.54, 1.807) is 0 Å². The van der Waals surface area contributed by atoms with Gasteiger partial charge in [0.25, 0.3) is 0 Å². The highest BCUT2D eigenvalue weighted by Crippen LogP contribution is 2.27. The maximum absolute atomic E-state index is 12.3. The molecule has 0 aromatic heterocycles. The zero-order valence-electron chi connectivity index (χ0n) is 14.4. The van der Waals surface area contributed by atoms with E-state index in [-0.39, 0.29) is 18.2 Å². The van der Waals surface area contributed by atoms with Crippen molar-refractivity contribution in [1.29, 1.82) is 0 Å². The average Bonchev–Trinajstić information content (AvgIpc) is 2.87. The molecule has 4 nitrogen and oxygen atoms in total. The number of nitrogens with one attached hydrogen (secondary N) is 1. The van der Waals surface area contributed by atoms with Gasteiger partial charge in [-0.1, -0.05) is 12.1 Å². The SMILES string of the molecule is CC(CC1CCCN1C(=O)OC(C)(C)C)Nc1ccccc1Br. The Labute approximate surface area is 147 Å². The number of carbonyl (C=O) groups is 1. The molecule has 1 aromatic carbocycles.